The molecule has 186 valence electrons. The third-order valence-corrected chi connectivity index (χ3v) is 8.10. The maximum Gasteiger partial charge on any atom is 0.331 e. The second kappa shape index (κ2) is 9.45. The number of hydrogen-bond acceptors (Lipinski definition) is 9. The number of thiazole rings is 1. The number of aromatic nitrogens is 3. The fourth-order valence-corrected chi connectivity index (χ4v) is 6.40. The first-order valence-electron chi connectivity index (χ1n) is 11.3. The van der Waals surface area contributed by atoms with Crippen LogP contribution in [0.1, 0.15) is 24.3 Å². The van der Waals surface area contributed by atoms with Gasteiger partial charge in [-0.1, -0.05) is 42.5 Å². The number of rotatable bonds is 7. The molecule has 1 saturated heterocycles. The van der Waals surface area contributed by atoms with Crippen molar-refractivity contribution < 1.29 is 14.8 Å². The lowest BCUT2D eigenvalue weighted by molar-refractivity contribution is -0.346. The number of hydroxylamine groups is 2. The van der Waals surface area contributed by atoms with Crippen molar-refractivity contribution in [1.29, 1.82) is 0 Å². The molecule has 12 heteroatoms. The highest BCUT2D eigenvalue weighted by atomic mass is 32.1. The van der Waals surface area contributed by atoms with Gasteiger partial charge >= 0.3 is 10.6 Å². The van der Waals surface area contributed by atoms with Crippen LogP contribution in [-0.2, 0) is 36.4 Å². The first-order chi connectivity index (χ1) is 16.7. The fraction of sp³-hybridized carbons (Fsp3) is 0.435. The van der Waals surface area contributed by atoms with Crippen LogP contribution in [-0.4, -0.2) is 43.3 Å². The third kappa shape index (κ3) is 4.41. The van der Waals surface area contributed by atoms with Gasteiger partial charge in [0.1, 0.15) is 4.83 Å². The Morgan fingerprint density at radius 1 is 1.17 bits per heavy atom. The van der Waals surface area contributed by atoms with E-state index in [-0.39, 0.29) is 42.8 Å². The Morgan fingerprint density at radius 3 is 2.66 bits per heavy atom. The average molecular weight is 519 g/mol. The third-order valence-electron chi connectivity index (χ3n) is 5.90. The van der Waals surface area contributed by atoms with E-state index in [2.05, 4.69) is 0 Å². The van der Waals surface area contributed by atoms with E-state index in [0.29, 0.717) is 22.3 Å². The minimum absolute atomic E-state index is 0.00596. The molecular formula is C23H26N4O6S2. The topological polar surface area (TPSA) is 108 Å². The molecule has 4 heterocycles. The van der Waals surface area contributed by atoms with E-state index in [4.69, 9.17) is 9.68 Å². The summed E-state index contributed by atoms with van der Waals surface area (Å²) < 4.78 is 5.31. The minimum Gasteiger partial charge on any atom is -0.389 e. The number of benzene rings is 1. The first kappa shape index (κ1) is 24.1. The van der Waals surface area contributed by atoms with E-state index in [1.807, 2.05) is 38.1 Å². The Hall–Kier alpha value is -2.61. The summed E-state index contributed by atoms with van der Waals surface area (Å²) in [5.74, 6) is 0.182. The van der Waals surface area contributed by atoms with Crippen LogP contribution in [0.5, 0.6) is 0 Å². The molecule has 0 unspecified atom stereocenters. The van der Waals surface area contributed by atoms with E-state index in [1.165, 1.54) is 34.9 Å². The quantitative estimate of drug-likeness (QED) is 0.398. The summed E-state index contributed by atoms with van der Waals surface area (Å²) >= 11 is 2.50. The summed E-state index contributed by atoms with van der Waals surface area (Å²) in [5.41, 5.74) is 0.636. The van der Waals surface area contributed by atoms with Gasteiger partial charge < -0.3 is 5.11 Å². The highest BCUT2D eigenvalue weighted by Crippen LogP contribution is 2.32. The molecular weight excluding hydrogens is 492 g/mol. The monoisotopic (exact) mass is 518 g/mol. The molecule has 1 atom stereocenters. The number of fused-ring (bicyclic) bond motifs is 2. The number of aliphatic hydroxyl groups is 1. The molecule has 0 bridgehead atoms. The number of nitrogens with zero attached hydrogens (tertiary/aromatic N) is 4. The lowest BCUT2D eigenvalue weighted by Gasteiger charge is -2.14. The molecule has 0 saturated carbocycles. The van der Waals surface area contributed by atoms with Crippen LogP contribution in [0.4, 0.5) is 0 Å². The first-order valence-corrected chi connectivity index (χ1v) is 12.9. The van der Waals surface area contributed by atoms with Gasteiger partial charge in [-0.3, -0.25) is 33.0 Å². The molecule has 0 aliphatic carbocycles. The van der Waals surface area contributed by atoms with Crippen LogP contribution < -0.4 is 16.1 Å². The fourth-order valence-electron chi connectivity index (χ4n) is 4.22. The molecule has 1 N–H and O–H groups in total. The highest BCUT2D eigenvalue weighted by molar-refractivity contribution is 7.19. The van der Waals surface area contributed by atoms with Gasteiger partial charge in [0.25, 0.3) is 5.56 Å². The van der Waals surface area contributed by atoms with E-state index >= 15 is 0 Å². The zero-order chi connectivity index (χ0) is 24.9. The lowest BCUT2D eigenvalue weighted by Crippen LogP contribution is -2.38. The maximum absolute atomic E-state index is 13.3. The number of hydrogen-bond donors (Lipinski definition) is 1. The van der Waals surface area contributed by atoms with E-state index in [0.717, 1.165) is 19.7 Å². The molecule has 1 aromatic carbocycles. The van der Waals surface area contributed by atoms with Gasteiger partial charge in [-0.25, -0.2) is 4.79 Å². The maximum atomic E-state index is 13.3. The van der Waals surface area contributed by atoms with Gasteiger partial charge in [-0.2, -0.15) is 0 Å². The molecule has 3 aromatic heterocycles. The van der Waals surface area contributed by atoms with Crippen molar-refractivity contribution in [3.05, 3.63) is 65.2 Å². The van der Waals surface area contributed by atoms with Crippen LogP contribution in [0, 0.1) is 5.92 Å². The van der Waals surface area contributed by atoms with Gasteiger partial charge in [-0.05, 0) is 18.1 Å². The SMILES string of the molecule is CC(C)Cn1c(=O)n(C)c(=O)c2c(CON3C[C@H](O)CO3)c(Cn3c(=O)sc4ccccc43)sc21. The van der Waals surface area contributed by atoms with Crippen molar-refractivity contribution in [2.24, 2.45) is 13.0 Å². The van der Waals surface area contributed by atoms with Gasteiger partial charge in [0, 0.05) is 24.0 Å². The van der Waals surface area contributed by atoms with E-state index in [9.17, 15) is 19.5 Å². The summed E-state index contributed by atoms with van der Waals surface area (Å²) in [4.78, 5) is 51.5. The number of thiophene rings is 1. The largest absolute Gasteiger partial charge is 0.389 e. The van der Waals surface area contributed by atoms with Crippen LogP contribution in [0.25, 0.3) is 20.4 Å². The van der Waals surface area contributed by atoms with Crippen molar-refractivity contribution in [2.75, 3.05) is 13.2 Å². The predicted molar refractivity (Wildman–Crippen MR) is 135 cm³/mol. The Kier molecular flexibility index (Phi) is 6.51. The van der Waals surface area contributed by atoms with Gasteiger partial charge in [-0.15, -0.1) is 11.3 Å². The number of β-amino-alcohol motifs (C(OH)–C–C–N with tert-alkyl or cyclic N) is 1. The second-order valence-electron chi connectivity index (χ2n) is 9.00. The highest BCUT2D eigenvalue weighted by Gasteiger charge is 2.26. The van der Waals surface area contributed by atoms with E-state index < -0.39 is 11.7 Å². The van der Waals surface area contributed by atoms with Crippen LogP contribution in [0.3, 0.4) is 0 Å². The molecule has 0 amide bonds. The molecule has 5 rings (SSSR count). The smallest absolute Gasteiger partial charge is 0.331 e. The summed E-state index contributed by atoms with van der Waals surface area (Å²) in [6.07, 6.45) is -0.659. The molecule has 35 heavy (non-hydrogen) atoms. The van der Waals surface area contributed by atoms with Crippen molar-refractivity contribution in [3.63, 3.8) is 0 Å². The Labute approximate surface area is 207 Å². The summed E-state index contributed by atoms with van der Waals surface area (Å²) in [7, 11) is 1.47. The minimum atomic E-state index is -0.659. The predicted octanol–water partition coefficient (Wildman–Crippen LogP) is 1.88. The Morgan fingerprint density at radius 2 is 1.94 bits per heavy atom. The van der Waals surface area contributed by atoms with Gasteiger partial charge in [0.2, 0.25) is 0 Å². The van der Waals surface area contributed by atoms with Gasteiger partial charge in [0.05, 0.1) is 48.0 Å². The van der Waals surface area contributed by atoms with Crippen LogP contribution >= 0.6 is 22.7 Å². The lowest BCUT2D eigenvalue weighted by atomic mass is 10.2. The van der Waals surface area contributed by atoms with Crippen molar-refractivity contribution in [1.82, 2.24) is 18.9 Å². The zero-order valence-electron chi connectivity index (χ0n) is 19.6. The Bertz CT molecular complexity index is 1580. The average Bonchev–Trinajstić information content (AvgIpc) is 3.49. The Balaban J connectivity index is 1.68. The summed E-state index contributed by atoms with van der Waals surface area (Å²) in [6, 6.07) is 7.56. The second-order valence-corrected chi connectivity index (χ2v) is 11.1. The molecule has 1 fully saturated rings. The van der Waals surface area contributed by atoms with Crippen molar-refractivity contribution in [3.8, 4) is 0 Å². The molecule has 0 spiro atoms. The summed E-state index contributed by atoms with van der Waals surface area (Å²) in [6.45, 7) is 5.01. The molecule has 0 radical (unpaired) electrons. The molecule has 10 nitrogen and oxygen atoms in total. The van der Waals surface area contributed by atoms with Crippen molar-refractivity contribution in [2.45, 2.75) is 39.6 Å². The zero-order valence-corrected chi connectivity index (χ0v) is 21.2. The number of para-hydroxylation sites is 1. The normalized spacial score (nSPS) is 16.9. The van der Waals surface area contributed by atoms with E-state index in [1.54, 1.807) is 9.13 Å². The molecule has 4 aromatic rings. The van der Waals surface area contributed by atoms with Crippen molar-refractivity contribution >= 4 is 43.1 Å². The standard InChI is InChI=1S/C23H26N4O6S2/c1-13(2)8-26-21-19(20(29)24(3)22(26)30)15(12-33-27-9-14(28)11-32-27)18(34-21)10-25-16-6-4-5-7-17(16)35-23(25)31/h4-7,13-14,28H,8-12H2,1-3H3/t14-/m0/s1. The van der Waals surface area contributed by atoms with Crippen LogP contribution in [0.2, 0.25) is 0 Å². The molecule has 1 aliphatic rings. The van der Waals surface area contributed by atoms with Gasteiger partial charge in [0.15, 0.2) is 0 Å². The summed E-state index contributed by atoms with van der Waals surface area (Å²) in [5, 5.41) is 11.4. The van der Waals surface area contributed by atoms with Crippen LogP contribution in [0.15, 0.2) is 38.6 Å². The number of aliphatic hydroxyl groups excluding tert-OH is 1. The molecule has 1 aliphatic heterocycles.